The first kappa shape index (κ1) is 22.8. The van der Waals surface area contributed by atoms with Crippen LogP contribution >= 0.6 is 0 Å². The Labute approximate surface area is 193 Å². The van der Waals surface area contributed by atoms with Crippen molar-refractivity contribution in [1.82, 2.24) is 9.80 Å². The summed E-state index contributed by atoms with van der Waals surface area (Å²) in [7, 11) is 1.57. The van der Waals surface area contributed by atoms with E-state index in [1.165, 1.54) is 6.08 Å². The molecule has 172 valence electrons. The summed E-state index contributed by atoms with van der Waals surface area (Å²) in [6, 6.07) is 16.0. The first-order valence-corrected chi connectivity index (χ1v) is 11.0. The lowest BCUT2D eigenvalue weighted by Gasteiger charge is -2.31. The molecule has 2 heterocycles. The van der Waals surface area contributed by atoms with Gasteiger partial charge in [0.05, 0.1) is 31.9 Å². The molecule has 0 saturated carbocycles. The number of ether oxygens (including phenoxy) is 2. The molecule has 0 radical (unpaired) electrons. The molecule has 4 rings (SSSR count). The number of amides is 1. The molecular formula is C26H28N2O5. The minimum atomic E-state index is -0.693. The maximum Gasteiger partial charge on any atom is 0.290 e. The monoisotopic (exact) mass is 448 g/mol. The zero-order chi connectivity index (χ0) is 23.2. The number of carbonyl (C=O) groups is 2. The van der Waals surface area contributed by atoms with Crippen molar-refractivity contribution in [2.45, 2.75) is 6.04 Å². The van der Waals surface area contributed by atoms with Crippen LogP contribution in [0.15, 0.2) is 72.0 Å². The highest BCUT2D eigenvalue weighted by Crippen LogP contribution is 2.38. The summed E-state index contributed by atoms with van der Waals surface area (Å²) in [4.78, 5) is 30.1. The van der Waals surface area contributed by atoms with Crippen molar-refractivity contribution in [1.29, 1.82) is 0 Å². The van der Waals surface area contributed by atoms with Gasteiger partial charge in [-0.2, -0.15) is 0 Å². The van der Waals surface area contributed by atoms with Crippen molar-refractivity contribution in [3.63, 3.8) is 0 Å². The van der Waals surface area contributed by atoms with Crippen LogP contribution in [0.1, 0.15) is 17.2 Å². The summed E-state index contributed by atoms with van der Waals surface area (Å²) < 4.78 is 10.8. The molecule has 0 bridgehead atoms. The first-order valence-electron chi connectivity index (χ1n) is 11.0. The summed E-state index contributed by atoms with van der Waals surface area (Å²) in [5.41, 5.74) is 1.66. The van der Waals surface area contributed by atoms with E-state index in [1.54, 1.807) is 30.2 Å². The van der Waals surface area contributed by atoms with Gasteiger partial charge in [-0.3, -0.25) is 14.5 Å². The molecule has 0 spiro atoms. The molecule has 1 fully saturated rings. The van der Waals surface area contributed by atoms with E-state index in [0.29, 0.717) is 37.6 Å². The van der Waals surface area contributed by atoms with E-state index in [4.69, 9.17) is 9.47 Å². The third kappa shape index (κ3) is 5.16. The van der Waals surface area contributed by atoms with Crippen molar-refractivity contribution in [2.24, 2.45) is 0 Å². The summed E-state index contributed by atoms with van der Waals surface area (Å²) in [6.07, 6.45) is 3.10. The highest BCUT2D eigenvalue weighted by atomic mass is 16.5. The SMILES string of the molecule is COc1cccc(C2C(C(=O)C=Cc3ccccc3)=C(O)C(=O)N2CCN2CCOCC2)c1. The second kappa shape index (κ2) is 10.5. The van der Waals surface area contributed by atoms with Gasteiger partial charge in [0.2, 0.25) is 0 Å². The molecule has 0 aromatic heterocycles. The lowest BCUT2D eigenvalue weighted by molar-refractivity contribution is -0.129. The number of ketones is 1. The van der Waals surface area contributed by atoms with Gasteiger partial charge in [-0.05, 0) is 29.3 Å². The number of methoxy groups -OCH3 is 1. The number of hydrogen-bond donors (Lipinski definition) is 1. The molecule has 33 heavy (non-hydrogen) atoms. The van der Waals surface area contributed by atoms with Crippen molar-refractivity contribution in [2.75, 3.05) is 46.5 Å². The van der Waals surface area contributed by atoms with E-state index in [9.17, 15) is 14.7 Å². The van der Waals surface area contributed by atoms with Crippen LogP contribution in [-0.4, -0.2) is 73.1 Å². The van der Waals surface area contributed by atoms with E-state index in [-0.39, 0.29) is 5.57 Å². The van der Waals surface area contributed by atoms with E-state index >= 15 is 0 Å². The highest BCUT2D eigenvalue weighted by molar-refractivity contribution is 6.14. The maximum atomic E-state index is 13.2. The fraction of sp³-hybridized carbons (Fsp3) is 0.308. The smallest absolute Gasteiger partial charge is 0.290 e. The molecule has 1 amide bonds. The molecule has 7 heteroatoms. The van der Waals surface area contributed by atoms with Crippen LogP contribution in [0.2, 0.25) is 0 Å². The third-order valence-electron chi connectivity index (χ3n) is 5.97. The van der Waals surface area contributed by atoms with Gasteiger partial charge in [0.1, 0.15) is 5.75 Å². The Morgan fingerprint density at radius 3 is 2.61 bits per heavy atom. The molecule has 1 unspecified atom stereocenters. The first-order chi connectivity index (χ1) is 16.1. The average Bonchev–Trinajstić information content (AvgIpc) is 3.12. The number of hydrogen-bond acceptors (Lipinski definition) is 6. The number of aliphatic hydroxyl groups is 1. The minimum absolute atomic E-state index is 0.0856. The van der Waals surface area contributed by atoms with Crippen LogP contribution in [0.3, 0.4) is 0 Å². The summed E-state index contributed by atoms with van der Waals surface area (Å²) in [5.74, 6) is -0.808. The Balaban J connectivity index is 1.64. The van der Waals surface area contributed by atoms with E-state index < -0.39 is 23.5 Å². The quantitative estimate of drug-likeness (QED) is 0.626. The zero-order valence-corrected chi connectivity index (χ0v) is 18.6. The predicted molar refractivity (Wildman–Crippen MR) is 125 cm³/mol. The van der Waals surface area contributed by atoms with Gasteiger partial charge in [-0.25, -0.2) is 0 Å². The van der Waals surface area contributed by atoms with Crippen molar-refractivity contribution < 1.29 is 24.2 Å². The maximum absolute atomic E-state index is 13.2. The van der Waals surface area contributed by atoms with Gasteiger partial charge in [-0.1, -0.05) is 48.5 Å². The number of nitrogens with zero attached hydrogens (tertiary/aromatic N) is 2. The minimum Gasteiger partial charge on any atom is -0.503 e. The van der Waals surface area contributed by atoms with Crippen LogP contribution in [-0.2, 0) is 14.3 Å². The lowest BCUT2D eigenvalue weighted by atomic mass is 9.95. The van der Waals surface area contributed by atoms with Crippen LogP contribution < -0.4 is 4.74 Å². The second-order valence-corrected chi connectivity index (χ2v) is 8.00. The zero-order valence-electron chi connectivity index (χ0n) is 18.6. The normalized spacial score (nSPS) is 19.5. The molecule has 2 aliphatic rings. The van der Waals surface area contributed by atoms with Crippen LogP contribution in [0.25, 0.3) is 6.08 Å². The number of morpholine rings is 1. The standard InChI is InChI=1S/C26H28N2O5/c1-32-21-9-5-8-20(18-21)24-23(22(29)11-10-19-6-3-2-4-7-19)25(30)26(31)28(24)13-12-27-14-16-33-17-15-27/h2-11,18,24,30H,12-17H2,1H3. The van der Waals surface area contributed by atoms with Gasteiger partial charge in [0.15, 0.2) is 11.5 Å². The molecule has 1 saturated heterocycles. The van der Waals surface area contributed by atoms with E-state index in [2.05, 4.69) is 4.90 Å². The van der Waals surface area contributed by atoms with Gasteiger partial charge in [-0.15, -0.1) is 0 Å². The Morgan fingerprint density at radius 2 is 1.88 bits per heavy atom. The number of allylic oxidation sites excluding steroid dienone is 1. The fourth-order valence-electron chi connectivity index (χ4n) is 4.19. The molecule has 2 aromatic carbocycles. The van der Waals surface area contributed by atoms with Gasteiger partial charge in [0.25, 0.3) is 5.91 Å². The molecule has 1 atom stereocenters. The second-order valence-electron chi connectivity index (χ2n) is 8.00. The predicted octanol–water partition coefficient (Wildman–Crippen LogP) is 3.01. The number of rotatable bonds is 8. The Hall–Kier alpha value is -3.42. The molecule has 2 aromatic rings. The van der Waals surface area contributed by atoms with Crippen LogP contribution in [0.5, 0.6) is 5.75 Å². The lowest BCUT2D eigenvalue weighted by Crippen LogP contribution is -2.43. The van der Waals surface area contributed by atoms with Crippen molar-refractivity contribution in [3.8, 4) is 5.75 Å². The van der Waals surface area contributed by atoms with Gasteiger partial charge < -0.3 is 19.5 Å². The summed E-state index contributed by atoms with van der Waals surface area (Å²) in [5, 5.41) is 10.8. The number of benzene rings is 2. The Bertz CT molecular complexity index is 1060. The van der Waals surface area contributed by atoms with Crippen LogP contribution in [0.4, 0.5) is 0 Å². The van der Waals surface area contributed by atoms with E-state index in [0.717, 1.165) is 18.7 Å². The van der Waals surface area contributed by atoms with E-state index in [1.807, 2.05) is 42.5 Å². The molecule has 7 nitrogen and oxygen atoms in total. The topological polar surface area (TPSA) is 79.3 Å². The fourth-order valence-corrected chi connectivity index (χ4v) is 4.19. The Morgan fingerprint density at radius 1 is 1.12 bits per heavy atom. The molecular weight excluding hydrogens is 420 g/mol. The largest absolute Gasteiger partial charge is 0.503 e. The van der Waals surface area contributed by atoms with Gasteiger partial charge >= 0.3 is 0 Å². The van der Waals surface area contributed by atoms with Crippen molar-refractivity contribution in [3.05, 3.63) is 83.1 Å². The molecule has 0 aliphatic carbocycles. The number of carbonyl (C=O) groups excluding carboxylic acids is 2. The average molecular weight is 449 g/mol. The molecule has 2 aliphatic heterocycles. The summed E-state index contributed by atoms with van der Waals surface area (Å²) >= 11 is 0. The van der Waals surface area contributed by atoms with Crippen molar-refractivity contribution >= 4 is 17.8 Å². The van der Waals surface area contributed by atoms with Crippen LogP contribution in [0, 0.1) is 0 Å². The Kier molecular flexibility index (Phi) is 7.22. The molecule has 1 N–H and O–H groups in total. The van der Waals surface area contributed by atoms with Gasteiger partial charge in [0, 0.05) is 26.2 Å². The summed E-state index contributed by atoms with van der Waals surface area (Å²) in [6.45, 7) is 3.90. The highest BCUT2D eigenvalue weighted by Gasteiger charge is 2.43. The number of aliphatic hydroxyl groups excluding tert-OH is 1. The third-order valence-corrected chi connectivity index (χ3v) is 5.97.